The van der Waals surface area contributed by atoms with Gasteiger partial charge in [0.25, 0.3) is 0 Å². The van der Waals surface area contributed by atoms with Crippen LogP contribution in [0.3, 0.4) is 0 Å². The number of alkyl halides is 3. The summed E-state index contributed by atoms with van der Waals surface area (Å²) in [6, 6.07) is 8.80. The van der Waals surface area contributed by atoms with E-state index in [0.717, 1.165) is 6.07 Å². The van der Waals surface area contributed by atoms with Gasteiger partial charge >= 0.3 is 6.18 Å². The first-order valence-electron chi connectivity index (χ1n) is 5.77. The Balaban J connectivity index is 2.35. The van der Waals surface area contributed by atoms with Gasteiger partial charge in [-0.05, 0) is 42.8 Å². The van der Waals surface area contributed by atoms with E-state index < -0.39 is 11.7 Å². The van der Waals surface area contributed by atoms with Crippen molar-refractivity contribution in [1.29, 1.82) is 0 Å². The molecule has 0 unspecified atom stereocenters. The molecule has 0 radical (unpaired) electrons. The lowest BCUT2D eigenvalue weighted by Crippen LogP contribution is -2.08. The fourth-order valence-corrected chi connectivity index (χ4v) is 1.99. The van der Waals surface area contributed by atoms with Gasteiger partial charge in [-0.2, -0.15) is 13.2 Å². The third-order valence-corrected chi connectivity index (χ3v) is 3.07. The van der Waals surface area contributed by atoms with Gasteiger partial charge in [-0.25, -0.2) is 0 Å². The van der Waals surface area contributed by atoms with Crippen molar-refractivity contribution in [1.82, 2.24) is 0 Å². The standard InChI is InChI=1S/C14H12ClF3N2/c1-8-2-4-10(7-11(8)14(16,17)18)20-13-5-3-9(15)6-12(13)19/h2-7,20H,19H2,1H3. The maximum atomic E-state index is 12.8. The Labute approximate surface area is 119 Å². The maximum Gasteiger partial charge on any atom is 0.416 e. The van der Waals surface area contributed by atoms with Crippen molar-refractivity contribution in [2.45, 2.75) is 13.1 Å². The van der Waals surface area contributed by atoms with Gasteiger partial charge in [0.15, 0.2) is 0 Å². The topological polar surface area (TPSA) is 38.0 Å². The number of hydrogen-bond acceptors (Lipinski definition) is 2. The van der Waals surface area contributed by atoms with Crippen LogP contribution in [0.15, 0.2) is 36.4 Å². The van der Waals surface area contributed by atoms with Crippen LogP contribution in [0, 0.1) is 6.92 Å². The highest BCUT2D eigenvalue weighted by Gasteiger charge is 2.32. The summed E-state index contributed by atoms with van der Waals surface area (Å²) in [5, 5.41) is 3.32. The van der Waals surface area contributed by atoms with Crippen LogP contribution >= 0.6 is 11.6 Å². The number of nitrogens with two attached hydrogens (primary N) is 1. The molecule has 2 aromatic rings. The number of aryl methyl sites for hydroxylation is 1. The number of halogens is 4. The van der Waals surface area contributed by atoms with Crippen LogP contribution in [0.25, 0.3) is 0 Å². The molecule has 0 aliphatic heterocycles. The van der Waals surface area contributed by atoms with Gasteiger partial charge in [0.1, 0.15) is 0 Å². The number of anilines is 3. The second kappa shape index (κ2) is 5.25. The van der Waals surface area contributed by atoms with Gasteiger partial charge in [-0.3, -0.25) is 0 Å². The molecule has 2 nitrogen and oxygen atoms in total. The van der Waals surface area contributed by atoms with E-state index in [2.05, 4.69) is 5.32 Å². The fourth-order valence-electron chi connectivity index (χ4n) is 1.81. The zero-order valence-corrected chi connectivity index (χ0v) is 11.3. The summed E-state index contributed by atoms with van der Waals surface area (Å²) in [5.41, 5.74) is 6.45. The Morgan fingerprint density at radius 1 is 1.10 bits per heavy atom. The van der Waals surface area contributed by atoms with Gasteiger partial charge in [0.05, 0.1) is 16.9 Å². The number of nitrogens with one attached hydrogen (secondary N) is 1. The van der Waals surface area contributed by atoms with E-state index in [-0.39, 0.29) is 5.56 Å². The lowest BCUT2D eigenvalue weighted by atomic mass is 10.1. The molecule has 0 spiro atoms. The molecule has 0 saturated carbocycles. The quantitative estimate of drug-likeness (QED) is 0.767. The first kappa shape index (κ1) is 14.5. The monoisotopic (exact) mass is 300 g/mol. The molecule has 0 heterocycles. The highest BCUT2D eigenvalue weighted by atomic mass is 35.5. The molecule has 2 rings (SSSR count). The highest BCUT2D eigenvalue weighted by Crippen LogP contribution is 2.34. The van der Waals surface area contributed by atoms with Gasteiger partial charge in [-0.1, -0.05) is 17.7 Å². The Morgan fingerprint density at radius 2 is 1.80 bits per heavy atom. The van der Waals surface area contributed by atoms with Gasteiger partial charge in [0, 0.05) is 10.7 Å². The van der Waals surface area contributed by atoms with Crippen LogP contribution in [-0.4, -0.2) is 0 Å². The third-order valence-electron chi connectivity index (χ3n) is 2.84. The molecule has 0 bridgehead atoms. The largest absolute Gasteiger partial charge is 0.416 e. The van der Waals surface area contributed by atoms with Crippen LogP contribution in [0.4, 0.5) is 30.2 Å². The smallest absolute Gasteiger partial charge is 0.397 e. The fraction of sp³-hybridized carbons (Fsp3) is 0.143. The van der Waals surface area contributed by atoms with Crippen molar-refractivity contribution in [2.24, 2.45) is 0 Å². The van der Waals surface area contributed by atoms with Crippen LogP contribution in [0.5, 0.6) is 0 Å². The molecule has 2 aromatic carbocycles. The summed E-state index contributed by atoms with van der Waals surface area (Å²) >= 11 is 5.77. The molecule has 0 atom stereocenters. The van der Waals surface area contributed by atoms with Crippen molar-refractivity contribution in [3.05, 3.63) is 52.5 Å². The summed E-state index contributed by atoms with van der Waals surface area (Å²) < 4.78 is 38.5. The lowest BCUT2D eigenvalue weighted by Gasteiger charge is -2.14. The van der Waals surface area contributed by atoms with Gasteiger partial charge in [0.2, 0.25) is 0 Å². The second-order valence-electron chi connectivity index (χ2n) is 4.38. The zero-order chi connectivity index (χ0) is 14.9. The van der Waals surface area contributed by atoms with Crippen molar-refractivity contribution in [3.8, 4) is 0 Å². The van der Waals surface area contributed by atoms with Crippen LogP contribution in [0.2, 0.25) is 5.02 Å². The molecular weight excluding hydrogens is 289 g/mol. The van der Waals surface area contributed by atoms with Gasteiger partial charge in [-0.15, -0.1) is 0 Å². The van der Waals surface area contributed by atoms with E-state index >= 15 is 0 Å². The Hall–Kier alpha value is -1.88. The summed E-state index contributed by atoms with van der Waals surface area (Å²) in [5.74, 6) is 0. The van der Waals surface area contributed by atoms with Crippen molar-refractivity contribution in [3.63, 3.8) is 0 Å². The SMILES string of the molecule is Cc1ccc(Nc2ccc(Cl)cc2N)cc1C(F)(F)F. The minimum atomic E-state index is -4.38. The predicted octanol–water partition coefficient (Wildman–Crippen LogP) is 4.99. The molecule has 0 fully saturated rings. The predicted molar refractivity (Wildman–Crippen MR) is 75.3 cm³/mol. The normalized spacial score (nSPS) is 11.4. The number of hydrogen-bond donors (Lipinski definition) is 2. The van der Waals surface area contributed by atoms with Crippen LogP contribution in [-0.2, 0) is 6.18 Å². The number of benzene rings is 2. The summed E-state index contributed by atoms with van der Waals surface area (Å²) in [6.45, 7) is 1.42. The van der Waals surface area contributed by atoms with E-state index in [1.807, 2.05) is 0 Å². The van der Waals surface area contributed by atoms with E-state index in [1.54, 1.807) is 18.2 Å². The molecule has 20 heavy (non-hydrogen) atoms. The minimum Gasteiger partial charge on any atom is -0.397 e. The average molecular weight is 301 g/mol. The lowest BCUT2D eigenvalue weighted by molar-refractivity contribution is -0.138. The molecule has 3 N–H and O–H groups in total. The van der Waals surface area contributed by atoms with E-state index in [9.17, 15) is 13.2 Å². The Kier molecular flexibility index (Phi) is 3.81. The van der Waals surface area contributed by atoms with Crippen molar-refractivity contribution >= 4 is 28.7 Å². The molecule has 0 aromatic heterocycles. The average Bonchev–Trinajstić information content (AvgIpc) is 2.33. The Bertz CT molecular complexity index is 639. The zero-order valence-electron chi connectivity index (χ0n) is 10.6. The molecule has 0 amide bonds. The number of nitrogen functional groups attached to an aromatic ring is 1. The molecule has 106 valence electrons. The van der Waals surface area contributed by atoms with E-state index in [1.165, 1.54) is 19.1 Å². The van der Waals surface area contributed by atoms with Crippen LogP contribution in [0.1, 0.15) is 11.1 Å². The third kappa shape index (κ3) is 3.17. The summed E-state index contributed by atoms with van der Waals surface area (Å²) in [7, 11) is 0. The molecule has 6 heteroatoms. The summed E-state index contributed by atoms with van der Waals surface area (Å²) in [6.07, 6.45) is -4.38. The summed E-state index contributed by atoms with van der Waals surface area (Å²) in [4.78, 5) is 0. The van der Waals surface area contributed by atoms with Crippen molar-refractivity contribution < 1.29 is 13.2 Å². The van der Waals surface area contributed by atoms with E-state index in [4.69, 9.17) is 17.3 Å². The first-order chi connectivity index (χ1) is 9.27. The molecule has 0 aliphatic rings. The maximum absolute atomic E-state index is 12.8. The Morgan fingerprint density at radius 3 is 2.40 bits per heavy atom. The molecule has 0 saturated heterocycles. The van der Waals surface area contributed by atoms with E-state index in [0.29, 0.717) is 22.1 Å². The van der Waals surface area contributed by atoms with Crippen LogP contribution < -0.4 is 11.1 Å². The minimum absolute atomic E-state index is 0.173. The molecule has 0 aliphatic carbocycles. The second-order valence-corrected chi connectivity index (χ2v) is 4.82. The molecular formula is C14H12ClF3N2. The first-order valence-corrected chi connectivity index (χ1v) is 6.15. The van der Waals surface area contributed by atoms with Crippen molar-refractivity contribution in [2.75, 3.05) is 11.1 Å². The van der Waals surface area contributed by atoms with Gasteiger partial charge < -0.3 is 11.1 Å². The number of rotatable bonds is 2. The highest BCUT2D eigenvalue weighted by molar-refractivity contribution is 6.31.